The van der Waals surface area contributed by atoms with Gasteiger partial charge in [0.25, 0.3) is 0 Å². The topological polar surface area (TPSA) is 61.2 Å². The van der Waals surface area contributed by atoms with Crippen LogP contribution in [0.4, 0.5) is 0 Å². The molecule has 0 aromatic carbocycles. The summed E-state index contributed by atoms with van der Waals surface area (Å²) in [5, 5.41) is 5.40. The molecule has 4 nitrogen and oxygen atoms in total. The molecular formula is C8H14N2O2. The van der Waals surface area contributed by atoms with E-state index >= 15 is 0 Å². The number of carbonyl (C=O) groups excluding carboxylic acids is 2. The second-order valence-corrected chi connectivity index (χ2v) is 2.59. The van der Waals surface area contributed by atoms with Crippen LogP contribution in [0.15, 0.2) is 0 Å². The zero-order chi connectivity index (χ0) is 9.40. The van der Waals surface area contributed by atoms with Gasteiger partial charge >= 0.3 is 0 Å². The van der Waals surface area contributed by atoms with Crippen molar-refractivity contribution in [1.82, 2.24) is 4.90 Å². The van der Waals surface area contributed by atoms with Crippen molar-refractivity contribution in [1.29, 1.82) is 5.41 Å². The lowest BCUT2D eigenvalue weighted by Crippen LogP contribution is -2.24. The van der Waals surface area contributed by atoms with Gasteiger partial charge in [0.05, 0.1) is 0 Å². The number of isocyanates is 1. The van der Waals surface area contributed by atoms with Crippen molar-refractivity contribution in [3.05, 3.63) is 0 Å². The summed E-state index contributed by atoms with van der Waals surface area (Å²) >= 11 is 0. The van der Waals surface area contributed by atoms with Gasteiger partial charge in [-0.3, -0.25) is 4.79 Å². The average molecular weight is 170 g/mol. The summed E-state index contributed by atoms with van der Waals surface area (Å²) in [4.78, 5) is 21.2. The molecule has 12 heavy (non-hydrogen) atoms. The third-order valence-electron chi connectivity index (χ3n) is 1.66. The molecule has 0 unspecified atom stereocenters. The van der Waals surface area contributed by atoms with Crippen LogP contribution in [-0.2, 0) is 9.59 Å². The minimum atomic E-state index is 0.344. The number of nitrogens with one attached hydrogen (secondary N) is 1. The first-order valence-electron chi connectivity index (χ1n) is 4.07. The highest BCUT2D eigenvalue weighted by molar-refractivity contribution is 5.77. The van der Waals surface area contributed by atoms with Crippen LogP contribution in [0.25, 0.3) is 0 Å². The Balaban J connectivity index is 0.000000354. The largest absolute Gasteiger partial charge is 0.343 e. The van der Waals surface area contributed by atoms with Crippen LogP contribution in [-0.4, -0.2) is 30.0 Å². The van der Waals surface area contributed by atoms with Crippen molar-refractivity contribution < 1.29 is 9.59 Å². The van der Waals surface area contributed by atoms with Gasteiger partial charge in [-0.05, 0) is 12.8 Å². The van der Waals surface area contributed by atoms with E-state index in [2.05, 4.69) is 6.92 Å². The molecule has 4 heteroatoms. The minimum Gasteiger partial charge on any atom is -0.343 e. The van der Waals surface area contributed by atoms with Gasteiger partial charge in [0, 0.05) is 19.5 Å². The summed E-state index contributed by atoms with van der Waals surface area (Å²) in [6.07, 6.45) is 3.69. The van der Waals surface area contributed by atoms with Gasteiger partial charge in [0.2, 0.25) is 12.0 Å². The summed E-state index contributed by atoms with van der Waals surface area (Å²) in [6, 6.07) is 0. The maximum Gasteiger partial charge on any atom is 0.231 e. The number of hydrogen-bond acceptors (Lipinski definition) is 3. The molecule has 1 fully saturated rings. The van der Waals surface area contributed by atoms with Crippen LogP contribution in [0.1, 0.15) is 26.2 Å². The molecule has 0 bridgehead atoms. The van der Waals surface area contributed by atoms with Crippen molar-refractivity contribution in [2.45, 2.75) is 26.2 Å². The van der Waals surface area contributed by atoms with E-state index in [1.807, 2.05) is 4.90 Å². The van der Waals surface area contributed by atoms with E-state index in [1.54, 1.807) is 0 Å². The first kappa shape index (κ1) is 10.8. The summed E-state index contributed by atoms with van der Waals surface area (Å²) < 4.78 is 0. The first-order chi connectivity index (χ1) is 5.76. The smallest absolute Gasteiger partial charge is 0.231 e. The maximum atomic E-state index is 10.9. The number of likely N-dealkylation sites (tertiary alicyclic amines) is 1. The molecule has 1 aliphatic heterocycles. The average Bonchev–Trinajstić information content (AvgIpc) is 2.39. The fraction of sp³-hybridized carbons (Fsp3) is 0.750. The van der Waals surface area contributed by atoms with Gasteiger partial charge in [-0.1, -0.05) is 6.92 Å². The van der Waals surface area contributed by atoms with Crippen molar-refractivity contribution in [3.63, 3.8) is 0 Å². The highest BCUT2D eigenvalue weighted by atomic mass is 16.2. The molecule has 0 aromatic rings. The lowest BCUT2D eigenvalue weighted by Gasteiger charge is -2.12. The lowest BCUT2D eigenvalue weighted by atomic mass is 10.4. The number of hydrogen-bond donors (Lipinski definition) is 1. The van der Waals surface area contributed by atoms with Crippen molar-refractivity contribution in [3.8, 4) is 0 Å². The van der Waals surface area contributed by atoms with Gasteiger partial charge in [0.1, 0.15) is 0 Å². The van der Waals surface area contributed by atoms with Crippen LogP contribution in [0.5, 0.6) is 0 Å². The standard InChI is InChI=1S/C7H13NO.CHNO/c1-2-5-8-6-3-4-7(8)9;2-1-3/h2-6H2,1H3;2H. The molecular weight excluding hydrogens is 156 g/mol. The zero-order valence-corrected chi connectivity index (χ0v) is 7.30. The molecule has 1 amide bonds. The van der Waals surface area contributed by atoms with E-state index in [0.717, 1.165) is 38.4 Å². The monoisotopic (exact) mass is 170 g/mol. The fourth-order valence-electron chi connectivity index (χ4n) is 1.21. The van der Waals surface area contributed by atoms with Gasteiger partial charge in [-0.2, -0.15) is 0 Å². The van der Waals surface area contributed by atoms with Gasteiger partial charge < -0.3 is 4.90 Å². The second kappa shape index (κ2) is 6.55. The summed E-state index contributed by atoms with van der Waals surface area (Å²) in [7, 11) is 0. The van der Waals surface area contributed by atoms with Gasteiger partial charge in [0.15, 0.2) is 0 Å². The first-order valence-corrected chi connectivity index (χ1v) is 4.07. The summed E-state index contributed by atoms with van der Waals surface area (Å²) in [6.45, 7) is 4.05. The molecule has 0 aromatic heterocycles. The number of rotatable bonds is 2. The molecule has 0 radical (unpaired) electrons. The highest BCUT2D eigenvalue weighted by Gasteiger charge is 2.17. The van der Waals surface area contributed by atoms with Crippen LogP contribution in [0.3, 0.4) is 0 Å². The predicted octanol–water partition coefficient (Wildman–Crippen LogP) is 0.920. The SMILES string of the molecule is CCCN1CCCC1=O.N=C=O. The maximum absolute atomic E-state index is 10.9. The van der Waals surface area contributed by atoms with Gasteiger partial charge in [-0.25, -0.2) is 10.2 Å². The summed E-state index contributed by atoms with van der Waals surface area (Å²) in [5.74, 6) is 0.344. The van der Waals surface area contributed by atoms with Crippen LogP contribution in [0.2, 0.25) is 0 Å². The summed E-state index contributed by atoms with van der Waals surface area (Å²) in [5.41, 5.74) is 0. The molecule has 1 rings (SSSR count). The predicted molar refractivity (Wildman–Crippen MR) is 44.5 cm³/mol. The molecule has 1 heterocycles. The Hall–Kier alpha value is -1.15. The second-order valence-electron chi connectivity index (χ2n) is 2.59. The van der Waals surface area contributed by atoms with Crippen molar-refractivity contribution in [2.24, 2.45) is 0 Å². The van der Waals surface area contributed by atoms with E-state index < -0.39 is 0 Å². The van der Waals surface area contributed by atoms with Crippen LogP contribution >= 0.6 is 0 Å². The number of amides is 1. The quantitative estimate of drug-likeness (QED) is 0.494. The Morgan fingerprint density at radius 2 is 2.25 bits per heavy atom. The van der Waals surface area contributed by atoms with Crippen LogP contribution in [0, 0.1) is 5.41 Å². The highest BCUT2D eigenvalue weighted by Crippen LogP contribution is 2.08. The normalized spacial score (nSPS) is 15.1. The van der Waals surface area contributed by atoms with E-state index in [-0.39, 0.29) is 0 Å². The minimum absolute atomic E-state index is 0.344. The molecule has 0 aliphatic carbocycles. The molecule has 68 valence electrons. The third kappa shape index (κ3) is 3.88. The molecule has 1 aliphatic rings. The van der Waals surface area contributed by atoms with E-state index in [9.17, 15) is 4.79 Å². The van der Waals surface area contributed by atoms with E-state index in [1.165, 1.54) is 0 Å². The Kier molecular flexibility index (Phi) is 5.93. The Morgan fingerprint density at radius 3 is 2.58 bits per heavy atom. The Labute approximate surface area is 72.1 Å². The van der Waals surface area contributed by atoms with E-state index in [0.29, 0.717) is 5.91 Å². The van der Waals surface area contributed by atoms with E-state index in [4.69, 9.17) is 10.2 Å². The van der Waals surface area contributed by atoms with Crippen LogP contribution < -0.4 is 0 Å². The Morgan fingerprint density at radius 1 is 1.67 bits per heavy atom. The zero-order valence-electron chi connectivity index (χ0n) is 7.30. The van der Waals surface area contributed by atoms with Gasteiger partial charge in [-0.15, -0.1) is 0 Å². The molecule has 0 saturated carbocycles. The number of nitrogens with zero attached hydrogens (tertiary/aromatic N) is 1. The van der Waals surface area contributed by atoms with Crippen molar-refractivity contribution >= 4 is 12.0 Å². The molecule has 1 saturated heterocycles. The molecule has 1 N–H and O–H groups in total. The molecule has 0 spiro atoms. The van der Waals surface area contributed by atoms with Crippen molar-refractivity contribution in [2.75, 3.05) is 13.1 Å². The fourth-order valence-corrected chi connectivity index (χ4v) is 1.21. The Bertz CT molecular complexity index is 174. The number of carbonyl (C=O) groups is 1. The molecule has 0 atom stereocenters. The third-order valence-corrected chi connectivity index (χ3v) is 1.66. The lowest BCUT2D eigenvalue weighted by molar-refractivity contribution is -0.127.